The minimum atomic E-state index is -0.00898. The first-order chi connectivity index (χ1) is 11.2. The van der Waals surface area contributed by atoms with E-state index in [1.54, 1.807) is 24.4 Å². The Hall–Kier alpha value is -2.34. The lowest BCUT2D eigenvalue weighted by Gasteiger charge is -2.30. The van der Waals surface area contributed by atoms with E-state index < -0.39 is 0 Å². The molecule has 4 rings (SSSR count). The molecule has 1 saturated heterocycles. The number of benzene rings is 1. The van der Waals surface area contributed by atoms with E-state index in [4.69, 9.17) is 16.0 Å². The Labute approximate surface area is 137 Å². The van der Waals surface area contributed by atoms with Crippen molar-refractivity contribution in [2.75, 3.05) is 13.1 Å². The van der Waals surface area contributed by atoms with Gasteiger partial charge >= 0.3 is 0 Å². The predicted molar refractivity (Wildman–Crippen MR) is 85.5 cm³/mol. The zero-order valence-electron chi connectivity index (χ0n) is 12.3. The number of rotatable bonds is 2. The van der Waals surface area contributed by atoms with Crippen LogP contribution in [0.4, 0.5) is 0 Å². The summed E-state index contributed by atoms with van der Waals surface area (Å²) in [7, 11) is 0. The molecule has 0 aliphatic carbocycles. The summed E-state index contributed by atoms with van der Waals surface area (Å²) in [5, 5.41) is 7.19. The number of likely N-dealkylation sites (tertiary alicyclic amines) is 1. The molecule has 1 aliphatic rings. The Bertz CT molecular complexity index is 835. The molecule has 2 aromatic heterocycles. The van der Waals surface area contributed by atoms with Crippen molar-refractivity contribution >= 4 is 28.6 Å². The van der Waals surface area contributed by atoms with Crippen LogP contribution in [0.1, 0.15) is 35.1 Å². The van der Waals surface area contributed by atoms with E-state index in [-0.39, 0.29) is 11.8 Å². The first-order valence-electron chi connectivity index (χ1n) is 7.55. The highest BCUT2D eigenvalue weighted by Gasteiger charge is 2.28. The summed E-state index contributed by atoms with van der Waals surface area (Å²) >= 11 is 5.98. The van der Waals surface area contributed by atoms with Crippen LogP contribution in [0.3, 0.4) is 0 Å². The van der Waals surface area contributed by atoms with Crippen LogP contribution in [0.2, 0.25) is 5.02 Å². The molecule has 0 spiro atoms. The van der Waals surface area contributed by atoms with Crippen molar-refractivity contribution in [2.45, 2.75) is 18.8 Å². The van der Waals surface area contributed by atoms with Gasteiger partial charge in [-0.1, -0.05) is 11.6 Å². The second kappa shape index (κ2) is 5.70. The summed E-state index contributed by atoms with van der Waals surface area (Å²) in [6.45, 7) is 1.37. The number of piperidine rings is 1. The first kappa shape index (κ1) is 14.3. The summed E-state index contributed by atoms with van der Waals surface area (Å²) in [6.07, 6.45) is 3.25. The Kier molecular flexibility index (Phi) is 3.53. The van der Waals surface area contributed by atoms with E-state index in [1.807, 2.05) is 11.0 Å². The van der Waals surface area contributed by atoms with Gasteiger partial charge in [-0.3, -0.25) is 9.89 Å². The molecule has 1 aliphatic heterocycles. The summed E-state index contributed by atoms with van der Waals surface area (Å²) in [6, 6.07) is 7.13. The van der Waals surface area contributed by atoms with E-state index in [9.17, 15) is 4.79 Å². The highest BCUT2D eigenvalue weighted by Crippen LogP contribution is 2.31. The van der Waals surface area contributed by atoms with Crippen LogP contribution in [-0.2, 0) is 0 Å². The number of hydrogen-bond donors (Lipinski definition) is 1. The monoisotopic (exact) mass is 330 g/mol. The van der Waals surface area contributed by atoms with Crippen molar-refractivity contribution in [3.63, 3.8) is 0 Å². The molecule has 0 bridgehead atoms. The normalized spacial score (nSPS) is 16.1. The first-order valence-corrected chi connectivity index (χ1v) is 7.93. The standard InChI is InChI=1S/C16H15ClN4O2/c17-11-1-2-14-13(9-11)19-15(23-14)10-4-7-21(8-5-10)16(22)12-3-6-18-20-12/h1-3,6,9-10H,4-5,7-8H2,(H,18,20). The van der Waals surface area contributed by atoms with Crippen LogP contribution in [0.25, 0.3) is 11.1 Å². The van der Waals surface area contributed by atoms with Crippen molar-refractivity contribution < 1.29 is 9.21 Å². The Balaban J connectivity index is 1.47. The van der Waals surface area contributed by atoms with Crippen molar-refractivity contribution in [2.24, 2.45) is 0 Å². The molecular weight excluding hydrogens is 316 g/mol. The van der Waals surface area contributed by atoms with E-state index in [0.717, 1.165) is 29.8 Å². The fraction of sp³-hybridized carbons (Fsp3) is 0.312. The SMILES string of the molecule is O=C(c1ccn[nH]1)N1CCC(c2nc3cc(Cl)ccc3o2)CC1. The van der Waals surface area contributed by atoms with Gasteiger partial charge in [-0.05, 0) is 37.1 Å². The maximum atomic E-state index is 12.3. The maximum Gasteiger partial charge on any atom is 0.271 e. The zero-order chi connectivity index (χ0) is 15.8. The lowest BCUT2D eigenvalue weighted by Crippen LogP contribution is -2.38. The van der Waals surface area contributed by atoms with E-state index in [2.05, 4.69) is 15.2 Å². The van der Waals surface area contributed by atoms with Crippen molar-refractivity contribution in [1.82, 2.24) is 20.1 Å². The number of hydrogen-bond acceptors (Lipinski definition) is 4. The molecule has 3 aromatic rings. The van der Waals surface area contributed by atoms with E-state index in [0.29, 0.717) is 23.8 Å². The summed E-state index contributed by atoms with van der Waals surface area (Å²) in [5.74, 6) is 0.952. The van der Waals surface area contributed by atoms with Crippen molar-refractivity contribution in [3.8, 4) is 0 Å². The van der Waals surface area contributed by atoms with Gasteiger partial charge in [0.1, 0.15) is 11.2 Å². The molecule has 0 saturated carbocycles. The summed E-state index contributed by atoms with van der Waals surface area (Å²) < 4.78 is 5.84. The number of halogens is 1. The molecule has 23 heavy (non-hydrogen) atoms. The number of aromatic amines is 1. The van der Waals surface area contributed by atoms with Crippen LogP contribution >= 0.6 is 11.6 Å². The van der Waals surface area contributed by atoms with Gasteiger partial charge in [-0.2, -0.15) is 5.10 Å². The smallest absolute Gasteiger partial charge is 0.271 e. The van der Waals surface area contributed by atoms with Crippen LogP contribution < -0.4 is 0 Å². The lowest BCUT2D eigenvalue weighted by atomic mass is 9.96. The number of aromatic nitrogens is 3. The van der Waals surface area contributed by atoms with Crippen molar-refractivity contribution in [3.05, 3.63) is 47.1 Å². The molecular formula is C16H15ClN4O2. The fourth-order valence-corrected chi connectivity index (χ4v) is 3.13. The summed E-state index contributed by atoms with van der Waals surface area (Å²) in [4.78, 5) is 18.7. The number of nitrogens with one attached hydrogen (secondary N) is 1. The Morgan fingerprint density at radius 3 is 2.87 bits per heavy atom. The van der Waals surface area contributed by atoms with Gasteiger partial charge in [0, 0.05) is 30.2 Å². The molecule has 1 aromatic carbocycles. The number of carbonyl (C=O) groups is 1. The number of oxazole rings is 1. The molecule has 0 radical (unpaired) electrons. The van der Waals surface area contributed by atoms with Gasteiger partial charge in [-0.15, -0.1) is 0 Å². The highest BCUT2D eigenvalue weighted by molar-refractivity contribution is 6.31. The Morgan fingerprint density at radius 2 is 2.13 bits per heavy atom. The maximum absolute atomic E-state index is 12.3. The molecule has 0 atom stereocenters. The number of fused-ring (bicyclic) bond motifs is 1. The number of amides is 1. The third-order valence-corrected chi connectivity index (χ3v) is 4.46. The predicted octanol–water partition coefficient (Wildman–Crippen LogP) is 3.22. The van der Waals surface area contributed by atoms with E-state index in [1.165, 1.54) is 0 Å². The second-order valence-electron chi connectivity index (χ2n) is 5.70. The van der Waals surface area contributed by atoms with Gasteiger partial charge in [0.2, 0.25) is 0 Å². The number of nitrogens with zero attached hydrogens (tertiary/aromatic N) is 3. The zero-order valence-corrected chi connectivity index (χ0v) is 13.1. The van der Waals surface area contributed by atoms with E-state index >= 15 is 0 Å². The molecule has 0 unspecified atom stereocenters. The lowest BCUT2D eigenvalue weighted by molar-refractivity contribution is 0.0700. The Morgan fingerprint density at radius 1 is 1.30 bits per heavy atom. The second-order valence-corrected chi connectivity index (χ2v) is 6.14. The van der Waals surface area contributed by atoms with Gasteiger partial charge in [0.05, 0.1) is 0 Å². The number of H-pyrrole nitrogens is 1. The van der Waals surface area contributed by atoms with Crippen molar-refractivity contribution in [1.29, 1.82) is 0 Å². The average Bonchev–Trinajstić information content (AvgIpc) is 3.23. The van der Waals surface area contributed by atoms with Crippen LogP contribution in [-0.4, -0.2) is 39.1 Å². The van der Waals surface area contributed by atoms with Gasteiger partial charge in [-0.25, -0.2) is 4.98 Å². The number of carbonyl (C=O) groups excluding carboxylic acids is 1. The van der Waals surface area contributed by atoms with Gasteiger partial charge in [0.15, 0.2) is 11.5 Å². The molecule has 7 heteroatoms. The molecule has 1 amide bonds. The van der Waals surface area contributed by atoms with Gasteiger partial charge in [0.25, 0.3) is 5.91 Å². The molecule has 3 heterocycles. The highest BCUT2D eigenvalue weighted by atomic mass is 35.5. The quantitative estimate of drug-likeness (QED) is 0.782. The topological polar surface area (TPSA) is 75.0 Å². The molecule has 6 nitrogen and oxygen atoms in total. The third kappa shape index (κ3) is 2.70. The minimum Gasteiger partial charge on any atom is -0.440 e. The molecule has 1 N–H and O–H groups in total. The van der Waals surface area contributed by atoms with Crippen LogP contribution in [0, 0.1) is 0 Å². The third-order valence-electron chi connectivity index (χ3n) is 4.23. The van der Waals surface area contributed by atoms with Gasteiger partial charge < -0.3 is 9.32 Å². The largest absolute Gasteiger partial charge is 0.440 e. The minimum absolute atomic E-state index is 0.00898. The average molecular weight is 331 g/mol. The molecule has 118 valence electrons. The molecule has 1 fully saturated rings. The van der Waals surface area contributed by atoms with Crippen LogP contribution in [0.5, 0.6) is 0 Å². The fourth-order valence-electron chi connectivity index (χ4n) is 2.97. The summed E-state index contributed by atoms with van der Waals surface area (Å²) in [5.41, 5.74) is 2.06. The van der Waals surface area contributed by atoms with Crippen LogP contribution in [0.15, 0.2) is 34.9 Å².